The van der Waals surface area contributed by atoms with E-state index in [1.165, 1.54) is 7.11 Å². The van der Waals surface area contributed by atoms with Crippen LogP contribution in [0.15, 0.2) is 71.2 Å². The monoisotopic (exact) mass is 422 g/mol. The van der Waals surface area contributed by atoms with Gasteiger partial charge in [0.25, 0.3) is 0 Å². The van der Waals surface area contributed by atoms with Gasteiger partial charge in [0, 0.05) is 5.56 Å². The van der Waals surface area contributed by atoms with Crippen LogP contribution in [0, 0.1) is 0 Å². The number of methoxy groups -OCH3 is 1. The first-order valence-electron chi connectivity index (χ1n) is 8.25. The van der Waals surface area contributed by atoms with Crippen molar-refractivity contribution in [1.82, 2.24) is 9.97 Å². The Morgan fingerprint density at radius 1 is 1.04 bits per heavy atom. The number of aromatic nitrogens is 2. The summed E-state index contributed by atoms with van der Waals surface area (Å²) in [6.45, 7) is 0. The van der Waals surface area contributed by atoms with Crippen LogP contribution in [0.5, 0.6) is 11.5 Å². The third kappa shape index (κ3) is 3.44. The van der Waals surface area contributed by atoms with Crippen molar-refractivity contribution in [2.75, 3.05) is 7.11 Å². The third-order valence-corrected chi connectivity index (χ3v) is 4.69. The fourth-order valence-electron chi connectivity index (χ4n) is 2.77. The maximum Gasteiger partial charge on any atom is 0.343 e. The predicted octanol–water partition coefficient (Wildman–Crippen LogP) is 5.22. The SMILES string of the molecule is COc1cc(-c2nc3ccccc3[nH]2)cc(Br)c1OC(=O)c1ccccc1. The Balaban J connectivity index is 1.71. The lowest BCUT2D eigenvalue weighted by Crippen LogP contribution is -2.09. The fraction of sp³-hybridized carbons (Fsp3) is 0.0476. The van der Waals surface area contributed by atoms with E-state index in [0.29, 0.717) is 27.4 Å². The number of nitrogens with zero attached hydrogens (tertiary/aromatic N) is 1. The number of nitrogens with one attached hydrogen (secondary N) is 1. The van der Waals surface area contributed by atoms with Crippen molar-refractivity contribution < 1.29 is 14.3 Å². The van der Waals surface area contributed by atoms with E-state index in [9.17, 15) is 4.79 Å². The third-order valence-electron chi connectivity index (χ3n) is 4.10. The zero-order valence-corrected chi connectivity index (χ0v) is 16.0. The van der Waals surface area contributed by atoms with Gasteiger partial charge in [-0.3, -0.25) is 0 Å². The zero-order valence-electron chi connectivity index (χ0n) is 14.4. The summed E-state index contributed by atoms with van der Waals surface area (Å²) >= 11 is 3.48. The van der Waals surface area contributed by atoms with Gasteiger partial charge in [-0.1, -0.05) is 30.3 Å². The summed E-state index contributed by atoms with van der Waals surface area (Å²) in [5.74, 6) is 1.01. The minimum absolute atomic E-state index is 0.325. The molecule has 0 bridgehead atoms. The summed E-state index contributed by atoms with van der Waals surface area (Å²) in [5.41, 5.74) is 3.10. The largest absolute Gasteiger partial charge is 0.493 e. The maximum absolute atomic E-state index is 12.4. The van der Waals surface area contributed by atoms with E-state index in [1.54, 1.807) is 30.3 Å². The molecule has 0 aliphatic rings. The molecule has 0 spiro atoms. The van der Waals surface area contributed by atoms with Crippen LogP contribution in [-0.4, -0.2) is 23.0 Å². The average Bonchev–Trinajstić information content (AvgIpc) is 3.14. The number of aromatic amines is 1. The number of H-pyrrole nitrogens is 1. The number of hydrogen-bond donors (Lipinski definition) is 1. The molecule has 1 N–H and O–H groups in total. The van der Waals surface area contributed by atoms with E-state index in [4.69, 9.17) is 9.47 Å². The van der Waals surface area contributed by atoms with Crippen LogP contribution in [0.4, 0.5) is 0 Å². The highest BCUT2D eigenvalue weighted by Crippen LogP contribution is 2.39. The predicted molar refractivity (Wildman–Crippen MR) is 107 cm³/mol. The van der Waals surface area contributed by atoms with E-state index >= 15 is 0 Å². The van der Waals surface area contributed by atoms with Crippen LogP contribution in [0.25, 0.3) is 22.4 Å². The first kappa shape index (κ1) is 17.3. The molecular weight excluding hydrogens is 408 g/mol. The highest BCUT2D eigenvalue weighted by Gasteiger charge is 2.18. The van der Waals surface area contributed by atoms with E-state index in [0.717, 1.165) is 16.6 Å². The van der Waals surface area contributed by atoms with Crippen LogP contribution in [0.1, 0.15) is 10.4 Å². The van der Waals surface area contributed by atoms with Gasteiger partial charge in [-0.15, -0.1) is 0 Å². The van der Waals surface area contributed by atoms with E-state index in [-0.39, 0.29) is 0 Å². The molecule has 4 rings (SSSR count). The number of imidazole rings is 1. The van der Waals surface area contributed by atoms with Crippen LogP contribution >= 0.6 is 15.9 Å². The minimum atomic E-state index is -0.453. The van der Waals surface area contributed by atoms with Crippen molar-refractivity contribution >= 4 is 32.9 Å². The molecule has 6 heteroatoms. The summed E-state index contributed by atoms with van der Waals surface area (Å²) in [6.07, 6.45) is 0. The number of fused-ring (bicyclic) bond motifs is 1. The second kappa shape index (κ2) is 7.25. The molecule has 0 amide bonds. The lowest BCUT2D eigenvalue weighted by molar-refractivity contribution is 0.0728. The van der Waals surface area contributed by atoms with Crippen molar-refractivity contribution in [3.8, 4) is 22.9 Å². The van der Waals surface area contributed by atoms with Gasteiger partial charge < -0.3 is 14.5 Å². The number of ether oxygens (including phenoxy) is 2. The van der Waals surface area contributed by atoms with Crippen molar-refractivity contribution in [2.45, 2.75) is 0 Å². The summed E-state index contributed by atoms with van der Waals surface area (Å²) in [7, 11) is 1.53. The van der Waals surface area contributed by atoms with E-state index in [1.807, 2.05) is 36.4 Å². The summed E-state index contributed by atoms with van der Waals surface area (Å²) in [4.78, 5) is 20.3. The second-order valence-corrected chi connectivity index (χ2v) is 6.70. The normalized spacial score (nSPS) is 10.7. The highest BCUT2D eigenvalue weighted by atomic mass is 79.9. The van der Waals surface area contributed by atoms with Crippen LogP contribution in [0.2, 0.25) is 0 Å². The van der Waals surface area contributed by atoms with Gasteiger partial charge in [0.05, 0.1) is 28.2 Å². The second-order valence-electron chi connectivity index (χ2n) is 5.85. The minimum Gasteiger partial charge on any atom is -0.493 e. The van der Waals surface area contributed by atoms with Crippen molar-refractivity contribution in [1.29, 1.82) is 0 Å². The highest BCUT2D eigenvalue weighted by molar-refractivity contribution is 9.10. The standard InChI is InChI=1S/C21H15BrN2O3/c1-26-18-12-14(20-23-16-9-5-6-10-17(16)24-20)11-15(22)19(18)27-21(25)13-7-3-2-4-8-13/h2-12H,1H3,(H,23,24). The van der Waals surface area contributed by atoms with Gasteiger partial charge >= 0.3 is 5.97 Å². The first-order chi connectivity index (χ1) is 13.2. The first-order valence-corrected chi connectivity index (χ1v) is 9.05. The van der Waals surface area contributed by atoms with Gasteiger partial charge in [0.2, 0.25) is 0 Å². The Morgan fingerprint density at radius 3 is 2.52 bits per heavy atom. The zero-order chi connectivity index (χ0) is 18.8. The number of para-hydroxylation sites is 2. The Bertz CT molecular complexity index is 1090. The topological polar surface area (TPSA) is 64.2 Å². The fourth-order valence-corrected chi connectivity index (χ4v) is 3.29. The molecule has 0 radical (unpaired) electrons. The molecule has 134 valence electrons. The maximum atomic E-state index is 12.4. The Hall–Kier alpha value is -3.12. The molecule has 0 atom stereocenters. The number of carbonyl (C=O) groups is 1. The molecule has 5 nitrogen and oxygen atoms in total. The molecule has 0 aliphatic carbocycles. The lowest BCUT2D eigenvalue weighted by atomic mass is 10.2. The average molecular weight is 423 g/mol. The van der Waals surface area contributed by atoms with Gasteiger partial charge in [0.1, 0.15) is 5.82 Å². The van der Waals surface area contributed by atoms with Crippen molar-refractivity contribution in [3.05, 3.63) is 76.8 Å². The number of halogens is 1. The molecule has 0 saturated carbocycles. The number of rotatable bonds is 4. The lowest BCUT2D eigenvalue weighted by Gasteiger charge is -2.12. The number of esters is 1. The molecule has 0 unspecified atom stereocenters. The molecule has 4 aromatic rings. The molecule has 0 aliphatic heterocycles. The molecule has 1 heterocycles. The number of hydrogen-bond acceptors (Lipinski definition) is 4. The smallest absolute Gasteiger partial charge is 0.343 e. The molecule has 0 fully saturated rings. The summed E-state index contributed by atoms with van der Waals surface area (Å²) < 4.78 is 11.6. The number of carbonyl (C=O) groups excluding carboxylic acids is 1. The quantitative estimate of drug-likeness (QED) is 0.361. The molecule has 1 aromatic heterocycles. The van der Waals surface area contributed by atoms with Gasteiger partial charge in [0.15, 0.2) is 11.5 Å². The van der Waals surface area contributed by atoms with Crippen LogP contribution in [-0.2, 0) is 0 Å². The molecular formula is C21H15BrN2O3. The van der Waals surface area contributed by atoms with Gasteiger partial charge in [-0.2, -0.15) is 0 Å². The Morgan fingerprint density at radius 2 is 1.78 bits per heavy atom. The molecule has 27 heavy (non-hydrogen) atoms. The molecule has 3 aromatic carbocycles. The van der Waals surface area contributed by atoms with Crippen molar-refractivity contribution in [2.24, 2.45) is 0 Å². The van der Waals surface area contributed by atoms with Crippen LogP contribution in [0.3, 0.4) is 0 Å². The Kier molecular flexibility index (Phi) is 4.64. The molecule has 0 saturated heterocycles. The van der Waals surface area contributed by atoms with Gasteiger partial charge in [-0.25, -0.2) is 9.78 Å². The van der Waals surface area contributed by atoms with Gasteiger partial charge in [-0.05, 0) is 52.3 Å². The van der Waals surface area contributed by atoms with Crippen LogP contribution < -0.4 is 9.47 Å². The van der Waals surface area contributed by atoms with E-state index < -0.39 is 5.97 Å². The summed E-state index contributed by atoms with van der Waals surface area (Å²) in [6, 6.07) is 20.2. The summed E-state index contributed by atoms with van der Waals surface area (Å²) in [5, 5.41) is 0. The Labute approximate surface area is 164 Å². The van der Waals surface area contributed by atoms with E-state index in [2.05, 4.69) is 25.9 Å². The van der Waals surface area contributed by atoms with Crippen molar-refractivity contribution in [3.63, 3.8) is 0 Å². The number of benzene rings is 3.